The second kappa shape index (κ2) is 7.87. The van der Waals surface area contributed by atoms with Crippen molar-refractivity contribution >= 4 is 11.7 Å². The number of anilines is 1. The van der Waals surface area contributed by atoms with Gasteiger partial charge >= 0.3 is 6.03 Å². The molecule has 0 spiro atoms. The quantitative estimate of drug-likeness (QED) is 0.747. The largest absolute Gasteiger partial charge is 0.335 e. The van der Waals surface area contributed by atoms with E-state index in [2.05, 4.69) is 15.5 Å². The molecule has 5 nitrogen and oxygen atoms in total. The van der Waals surface area contributed by atoms with Gasteiger partial charge in [-0.1, -0.05) is 12.1 Å². The minimum Gasteiger partial charge on any atom is -0.335 e. The highest BCUT2D eigenvalue weighted by Crippen LogP contribution is 2.14. The van der Waals surface area contributed by atoms with Crippen LogP contribution in [0.4, 0.5) is 10.5 Å². The topological polar surface area (TPSA) is 70.4 Å². The first-order chi connectivity index (χ1) is 9.38. The second-order valence-electron chi connectivity index (χ2n) is 5.50. The number of carbonyl (C=O) groups is 1. The fourth-order valence-corrected chi connectivity index (χ4v) is 1.79. The molecule has 2 amide bonds. The lowest BCUT2D eigenvalue weighted by molar-refractivity contribution is 0.247. The Balaban J connectivity index is 2.41. The van der Waals surface area contributed by atoms with Gasteiger partial charge in [0.25, 0.3) is 0 Å². The number of benzene rings is 1. The van der Waals surface area contributed by atoms with Crippen LogP contribution in [-0.2, 0) is 0 Å². The lowest BCUT2D eigenvalue weighted by Crippen LogP contribution is -2.37. The lowest BCUT2D eigenvalue weighted by Gasteiger charge is -2.17. The third kappa shape index (κ3) is 6.04. The van der Waals surface area contributed by atoms with Gasteiger partial charge in [0, 0.05) is 17.8 Å². The zero-order valence-electron chi connectivity index (χ0n) is 12.8. The first-order valence-electron chi connectivity index (χ1n) is 6.96. The fraction of sp³-hybridized carbons (Fsp3) is 0.533. The van der Waals surface area contributed by atoms with E-state index < -0.39 is 0 Å². The lowest BCUT2D eigenvalue weighted by atomic mass is 10.1. The van der Waals surface area contributed by atoms with Gasteiger partial charge in [-0.3, -0.25) is 0 Å². The van der Waals surface area contributed by atoms with E-state index >= 15 is 0 Å². The first kappa shape index (κ1) is 16.5. The Bertz CT molecular complexity index is 414. The van der Waals surface area contributed by atoms with Gasteiger partial charge in [-0.15, -0.1) is 0 Å². The molecule has 5 heteroatoms. The van der Waals surface area contributed by atoms with E-state index in [4.69, 9.17) is 5.73 Å². The number of hydrogen-bond donors (Lipinski definition) is 3. The van der Waals surface area contributed by atoms with Crippen molar-refractivity contribution in [2.24, 2.45) is 5.73 Å². The van der Waals surface area contributed by atoms with Crippen molar-refractivity contribution in [2.45, 2.75) is 32.4 Å². The highest BCUT2D eigenvalue weighted by molar-refractivity contribution is 5.89. The molecule has 1 aromatic carbocycles. The van der Waals surface area contributed by atoms with Crippen molar-refractivity contribution in [3.05, 3.63) is 29.8 Å². The molecule has 2 atom stereocenters. The maximum absolute atomic E-state index is 11.8. The molecule has 0 aliphatic carbocycles. The minimum atomic E-state index is -0.176. The van der Waals surface area contributed by atoms with Gasteiger partial charge in [0.1, 0.15) is 0 Å². The third-order valence-corrected chi connectivity index (χ3v) is 3.08. The standard InChI is InChI=1S/C15H26N4O/c1-11(9-10-19(3)4)17-15(20)18-14-7-5-13(6-8-14)12(2)16/h5-8,11-12H,9-10,16H2,1-4H3,(H2,17,18,20). The number of nitrogens with zero attached hydrogens (tertiary/aromatic N) is 1. The van der Waals surface area contributed by atoms with Crippen LogP contribution in [0.3, 0.4) is 0 Å². The van der Waals surface area contributed by atoms with E-state index in [0.29, 0.717) is 0 Å². The van der Waals surface area contributed by atoms with Crippen molar-refractivity contribution in [1.29, 1.82) is 0 Å². The Kier molecular flexibility index (Phi) is 6.48. The molecule has 0 aliphatic rings. The molecule has 2 unspecified atom stereocenters. The van der Waals surface area contributed by atoms with Gasteiger partial charge in [0.05, 0.1) is 0 Å². The monoisotopic (exact) mass is 278 g/mol. The second-order valence-corrected chi connectivity index (χ2v) is 5.50. The average molecular weight is 278 g/mol. The Morgan fingerprint density at radius 1 is 1.25 bits per heavy atom. The van der Waals surface area contributed by atoms with Crippen LogP contribution in [0.5, 0.6) is 0 Å². The molecule has 4 N–H and O–H groups in total. The third-order valence-electron chi connectivity index (χ3n) is 3.08. The summed E-state index contributed by atoms with van der Waals surface area (Å²) in [6.07, 6.45) is 0.921. The van der Waals surface area contributed by atoms with Gasteiger partial charge in [0.2, 0.25) is 0 Å². The summed E-state index contributed by atoms with van der Waals surface area (Å²) < 4.78 is 0. The first-order valence-corrected chi connectivity index (χ1v) is 6.96. The summed E-state index contributed by atoms with van der Waals surface area (Å²) in [5.41, 5.74) is 7.61. The maximum Gasteiger partial charge on any atom is 0.319 e. The van der Waals surface area contributed by atoms with Crippen molar-refractivity contribution in [1.82, 2.24) is 10.2 Å². The highest BCUT2D eigenvalue weighted by Gasteiger charge is 2.08. The van der Waals surface area contributed by atoms with E-state index in [1.165, 1.54) is 0 Å². The summed E-state index contributed by atoms with van der Waals surface area (Å²) in [6.45, 7) is 4.88. The molecule has 0 fully saturated rings. The van der Waals surface area contributed by atoms with E-state index in [0.717, 1.165) is 24.2 Å². The molecule has 20 heavy (non-hydrogen) atoms. The molecule has 0 bridgehead atoms. The number of amides is 2. The number of carbonyl (C=O) groups excluding carboxylic acids is 1. The number of hydrogen-bond acceptors (Lipinski definition) is 3. The van der Waals surface area contributed by atoms with Crippen molar-refractivity contribution in [3.63, 3.8) is 0 Å². The van der Waals surface area contributed by atoms with E-state index in [-0.39, 0.29) is 18.1 Å². The maximum atomic E-state index is 11.8. The highest BCUT2D eigenvalue weighted by atomic mass is 16.2. The smallest absolute Gasteiger partial charge is 0.319 e. The normalized spacial score (nSPS) is 13.9. The summed E-state index contributed by atoms with van der Waals surface area (Å²) in [4.78, 5) is 13.9. The molecule has 0 saturated carbocycles. The Morgan fingerprint density at radius 3 is 2.35 bits per heavy atom. The van der Waals surface area contributed by atoms with Gasteiger partial charge in [-0.25, -0.2) is 4.79 Å². The fourth-order valence-electron chi connectivity index (χ4n) is 1.79. The Labute approximate surface area is 121 Å². The molecular weight excluding hydrogens is 252 g/mol. The van der Waals surface area contributed by atoms with Crippen LogP contribution in [0.1, 0.15) is 31.9 Å². The predicted octanol–water partition coefficient (Wildman–Crippen LogP) is 2.17. The molecule has 1 aromatic rings. The molecule has 0 aliphatic heterocycles. The molecule has 112 valence electrons. The minimum absolute atomic E-state index is 0.00364. The summed E-state index contributed by atoms with van der Waals surface area (Å²) >= 11 is 0. The van der Waals surface area contributed by atoms with Crippen LogP contribution < -0.4 is 16.4 Å². The number of nitrogens with one attached hydrogen (secondary N) is 2. The Morgan fingerprint density at radius 2 is 1.85 bits per heavy atom. The zero-order chi connectivity index (χ0) is 15.1. The Hall–Kier alpha value is -1.59. The number of rotatable bonds is 6. The van der Waals surface area contributed by atoms with Crippen LogP contribution in [0.2, 0.25) is 0 Å². The van der Waals surface area contributed by atoms with Crippen LogP contribution in [0, 0.1) is 0 Å². The van der Waals surface area contributed by atoms with E-state index in [1.54, 1.807) is 0 Å². The van der Waals surface area contributed by atoms with Gasteiger partial charge < -0.3 is 21.3 Å². The summed E-state index contributed by atoms with van der Waals surface area (Å²) in [6, 6.07) is 7.55. The average Bonchev–Trinajstić information content (AvgIpc) is 2.36. The van der Waals surface area contributed by atoms with Gasteiger partial charge in [-0.05, 0) is 58.6 Å². The molecular formula is C15H26N4O. The molecule has 0 saturated heterocycles. The zero-order valence-corrected chi connectivity index (χ0v) is 12.8. The van der Waals surface area contributed by atoms with Crippen LogP contribution in [-0.4, -0.2) is 37.6 Å². The van der Waals surface area contributed by atoms with Crippen LogP contribution >= 0.6 is 0 Å². The van der Waals surface area contributed by atoms with Gasteiger partial charge in [-0.2, -0.15) is 0 Å². The van der Waals surface area contributed by atoms with E-state index in [9.17, 15) is 4.79 Å². The molecule has 0 aromatic heterocycles. The SMILES string of the molecule is CC(CCN(C)C)NC(=O)Nc1ccc(C(C)N)cc1. The summed E-state index contributed by atoms with van der Waals surface area (Å²) in [5.74, 6) is 0. The van der Waals surface area contributed by atoms with Crippen LogP contribution in [0.15, 0.2) is 24.3 Å². The van der Waals surface area contributed by atoms with Crippen LogP contribution in [0.25, 0.3) is 0 Å². The van der Waals surface area contributed by atoms with Gasteiger partial charge in [0.15, 0.2) is 0 Å². The molecule has 0 heterocycles. The number of nitrogens with two attached hydrogens (primary N) is 1. The van der Waals surface area contributed by atoms with Crippen molar-refractivity contribution in [2.75, 3.05) is 26.0 Å². The number of urea groups is 1. The van der Waals surface area contributed by atoms with Crippen molar-refractivity contribution < 1.29 is 4.79 Å². The summed E-state index contributed by atoms with van der Waals surface area (Å²) in [7, 11) is 4.04. The molecule has 1 rings (SSSR count). The predicted molar refractivity (Wildman–Crippen MR) is 83.8 cm³/mol. The summed E-state index contributed by atoms with van der Waals surface area (Å²) in [5, 5.41) is 5.74. The van der Waals surface area contributed by atoms with E-state index in [1.807, 2.05) is 52.2 Å². The molecule has 0 radical (unpaired) electrons. The van der Waals surface area contributed by atoms with Crippen molar-refractivity contribution in [3.8, 4) is 0 Å².